The molecule has 0 bridgehead atoms. The molecule has 3 aromatic carbocycles. The first-order valence-corrected chi connectivity index (χ1v) is 9.76. The molecule has 2 nitrogen and oxygen atoms in total. The van der Waals surface area contributed by atoms with Crippen LogP contribution in [0.3, 0.4) is 0 Å². The van der Waals surface area contributed by atoms with Crippen molar-refractivity contribution in [1.29, 1.82) is 0 Å². The van der Waals surface area contributed by atoms with Gasteiger partial charge >= 0.3 is 0 Å². The number of para-hydroxylation sites is 2. The highest BCUT2D eigenvalue weighted by atomic mass is 16.3. The van der Waals surface area contributed by atoms with Crippen molar-refractivity contribution in [2.75, 3.05) is 0 Å². The lowest BCUT2D eigenvalue weighted by molar-refractivity contribution is 0.447. The van der Waals surface area contributed by atoms with Crippen molar-refractivity contribution in [2.45, 2.75) is 52.4 Å². The summed E-state index contributed by atoms with van der Waals surface area (Å²) >= 11 is 0. The third-order valence-corrected chi connectivity index (χ3v) is 5.20. The molecule has 0 aliphatic carbocycles. The van der Waals surface area contributed by atoms with Crippen molar-refractivity contribution in [3.63, 3.8) is 0 Å². The molecule has 0 atom stereocenters. The SMILES string of the molecule is CC(C)(C)c1cccc(-c2ccccc2-c2cccc(C(C)(C)C)c2O)c1O. The molecule has 0 amide bonds. The molecule has 0 unspecified atom stereocenters. The molecule has 3 aromatic rings. The number of aromatic hydroxyl groups is 2. The Morgan fingerprint density at radius 2 is 0.786 bits per heavy atom. The molecule has 0 heterocycles. The average molecular weight is 375 g/mol. The summed E-state index contributed by atoms with van der Waals surface area (Å²) in [5.41, 5.74) is 4.87. The van der Waals surface area contributed by atoms with Crippen LogP contribution < -0.4 is 0 Å². The summed E-state index contributed by atoms with van der Waals surface area (Å²) in [4.78, 5) is 0. The highest BCUT2D eigenvalue weighted by Crippen LogP contribution is 2.45. The lowest BCUT2D eigenvalue weighted by Gasteiger charge is -2.24. The largest absolute Gasteiger partial charge is 0.507 e. The second kappa shape index (κ2) is 7.01. The maximum Gasteiger partial charge on any atom is 0.127 e. The summed E-state index contributed by atoms with van der Waals surface area (Å²) in [6.07, 6.45) is 0. The number of benzene rings is 3. The Bertz CT molecular complexity index is 919. The molecule has 0 saturated heterocycles. The van der Waals surface area contributed by atoms with Crippen LogP contribution in [0.15, 0.2) is 60.7 Å². The first-order chi connectivity index (χ1) is 13.0. The molecule has 146 valence electrons. The summed E-state index contributed by atoms with van der Waals surface area (Å²) < 4.78 is 0. The van der Waals surface area contributed by atoms with Crippen LogP contribution in [0.2, 0.25) is 0 Å². The Balaban J connectivity index is 2.26. The highest BCUT2D eigenvalue weighted by molar-refractivity contribution is 5.89. The second-order valence-corrected chi connectivity index (χ2v) is 9.45. The number of phenols is 2. The molecule has 0 aromatic heterocycles. The number of hydrogen-bond donors (Lipinski definition) is 2. The molecular weight excluding hydrogens is 344 g/mol. The van der Waals surface area contributed by atoms with Crippen LogP contribution in [-0.4, -0.2) is 10.2 Å². The Morgan fingerprint density at radius 3 is 1.11 bits per heavy atom. The molecule has 3 rings (SSSR count). The molecule has 2 N–H and O–H groups in total. The van der Waals surface area contributed by atoms with Gasteiger partial charge in [-0.25, -0.2) is 0 Å². The van der Waals surface area contributed by atoms with E-state index in [1.165, 1.54) is 0 Å². The zero-order chi connectivity index (χ0) is 20.7. The highest BCUT2D eigenvalue weighted by Gasteiger charge is 2.24. The first-order valence-electron chi connectivity index (χ1n) is 9.76. The van der Waals surface area contributed by atoms with Crippen LogP contribution in [0.25, 0.3) is 22.3 Å². The van der Waals surface area contributed by atoms with Gasteiger partial charge in [0, 0.05) is 11.1 Å². The fourth-order valence-corrected chi connectivity index (χ4v) is 3.68. The maximum absolute atomic E-state index is 11.0. The first kappa shape index (κ1) is 20.0. The van der Waals surface area contributed by atoms with E-state index in [2.05, 4.69) is 41.5 Å². The van der Waals surface area contributed by atoms with E-state index >= 15 is 0 Å². The Kier molecular flexibility index (Phi) is 5.01. The smallest absolute Gasteiger partial charge is 0.127 e. The Morgan fingerprint density at radius 1 is 0.464 bits per heavy atom. The Labute approximate surface area is 168 Å². The monoisotopic (exact) mass is 374 g/mol. The number of hydrogen-bond acceptors (Lipinski definition) is 2. The summed E-state index contributed by atoms with van der Waals surface area (Å²) in [7, 11) is 0. The molecule has 0 fully saturated rings. The zero-order valence-electron chi connectivity index (χ0n) is 17.7. The van der Waals surface area contributed by atoms with Gasteiger partial charge in [-0.05, 0) is 33.1 Å². The van der Waals surface area contributed by atoms with Gasteiger partial charge in [0.25, 0.3) is 0 Å². The van der Waals surface area contributed by atoms with Crippen LogP contribution >= 0.6 is 0 Å². The molecular formula is C26H30O2. The van der Waals surface area contributed by atoms with E-state index in [1.807, 2.05) is 60.7 Å². The molecule has 0 spiro atoms. The average Bonchev–Trinajstić information content (AvgIpc) is 2.60. The summed E-state index contributed by atoms with van der Waals surface area (Å²) in [6.45, 7) is 12.6. The molecule has 0 radical (unpaired) electrons. The molecule has 0 aliphatic rings. The van der Waals surface area contributed by atoms with E-state index in [9.17, 15) is 10.2 Å². The summed E-state index contributed by atoms with van der Waals surface area (Å²) in [5.74, 6) is 0.600. The van der Waals surface area contributed by atoms with Gasteiger partial charge in [0.05, 0.1) is 0 Å². The van der Waals surface area contributed by atoms with E-state index in [1.54, 1.807) is 0 Å². The van der Waals surface area contributed by atoms with Crippen LogP contribution in [0.4, 0.5) is 0 Å². The van der Waals surface area contributed by atoms with E-state index in [4.69, 9.17) is 0 Å². The van der Waals surface area contributed by atoms with Crippen molar-refractivity contribution in [3.8, 4) is 33.8 Å². The van der Waals surface area contributed by atoms with Gasteiger partial charge in [-0.15, -0.1) is 0 Å². The van der Waals surface area contributed by atoms with Gasteiger partial charge in [0.15, 0.2) is 0 Å². The van der Waals surface area contributed by atoms with E-state index < -0.39 is 0 Å². The number of phenolic OH excluding ortho intramolecular Hbond substituents is 2. The summed E-state index contributed by atoms with van der Waals surface area (Å²) in [6, 6.07) is 19.7. The van der Waals surface area contributed by atoms with Crippen LogP contribution in [0.5, 0.6) is 11.5 Å². The van der Waals surface area contributed by atoms with Gasteiger partial charge in [0.1, 0.15) is 11.5 Å². The minimum absolute atomic E-state index is 0.163. The van der Waals surface area contributed by atoms with Crippen molar-refractivity contribution in [1.82, 2.24) is 0 Å². The minimum atomic E-state index is -0.163. The number of rotatable bonds is 2. The third-order valence-electron chi connectivity index (χ3n) is 5.20. The molecule has 0 aliphatic heterocycles. The fourth-order valence-electron chi connectivity index (χ4n) is 3.68. The predicted molar refractivity (Wildman–Crippen MR) is 118 cm³/mol. The maximum atomic E-state index is 11.0. The topological polar surface area (TPSA) is 40.5 Å². The Hall–Kier alpha value is -2.74. The van der Waals surface area contributed by atoms with Crippen LogP contribution in [-0.2, 0) is 10.8 Å². The fraction of sp³-hybridized carbons (Fsp3) is 0.308. The summed E-state index contributed by atoms with van der Waals surface area (Å²) in [5, 5.41) is 22.1. The van der Waals surface area contributed by atoms with Crippen molar-refractivity contribution < 1.29 is 10.2 Å². The molecule has 0 saturated carbocycles. The van der Waals surface area contributed by atoms with Crippen LogP contribution in [0.1, 0.15) is 52.7 Å². The van der Waals surface area contributed by atoms with Crippen molar-refractivity contribution >= 4 is 0 Å². The minimum Gasteiger partial charge on any atom is -0.507 e. The molecule has 28 heavy (non-hydrogen) atoms. The van der Waals surface area contributed by atoms with Crippen LogP contribution in [0, 0.1) is 0 Å². The van der Waals surface area contributed by atoms with Gasteiger partial charge in [-0.3, -0.25) is 0 Å². The van der Waals surface area contributed by atoms with E-state index in [0.29, 0.717) is 11.5 Å². The van der Waals surface area contributed by atoms with E-state index in [0.717, 1.165) is 33.4 Å². The zero-order valence-corrected chi connectivity index (χ0v) is 17.7. The lowest BCUT2D eigenvalue weighted by Crippen LogP contribution is -2.12. The van der Waals surface area contributed by atoms with E-state index in [-0.39, 0.29) is 10.8 Å². The van der Waals surface area contributed by atoms with Gasteiger partial charge in [-0.1, -0.05) is 102 Å². The third kappa shape index (κ3) is 3.64. The van der Waals surface area contributed by atoms with Gasteiger partial charge in [0.2, 0.25) is 0 Å². The lowest BCUT2D eigenvalue weighted by atomic mass is 9.82. The predicted octanol–water partition coefficient (Wildman–Crippen LogP) is 7.03. The molecule has 2 heteroatoms. The normalized spacial score (nSPS) is 12.2. The second-order valence-electron chi connectivity index (χ2n) is 9.45. The van der Waals surface area contributed by atoms with Gasteiger partial charge in [-0.2, -0.15) is 0 Å². The quantitative estimate of drug-likeness (QED) is 0.505. The van der Waals surface area contributed by atoms with Crippen molar-refractivity contribution in [2.24, 2.45) is 0 Å². The van der Waals surface area contributed by atoms with Gasteiger partial charge < -0.3 is 10.2 Å². The van der Waals surface area contributed by atoms with Crippen molar-refractivity contribution in [3.05, 3.63) is 71.8 Å². The standard InChI is InChI=1S/C26H30O2/c1-25(2,3)21-15-9-13-19(23(21)27)17-11-7-8-12-18(17)20-14-10-16-22(24(20)28)26(4,5)6/h7-16,27-28H,1-6H3.